The van der Waals surface area contributed by atoms with Crippen molar-refractivity contribution in [2.24, 2.45) is 0 Å². The standard InChI is InChI=1S/C24H25ClN4O3/c1-15(2)29-13-20(25)19-12-18(7-8-21(19)29)24-26-23(27-32-24)17-6-4-5-16(11-17)9-10-28(3)14-22(30)31/h4-8,11-13,15H,9-10,14H2,1-3H3,(H,30,31). The second-order valence-corrected chi connectivity index (χ2v) is 8.62. The molecule has 0 radical (unpaired) electrons. The number of benzene rings is 2. The van der Waals surface area contributed by atoms with Crippen LogP contribution in [0.25, 0.3) is 33.7 Å². The van der Waals surface area contributed by atoms with Gasteiger partial charge in [-0.2, -0.15) is 4.98 Å². The molecule has 0 aliphatic heterocycles. The van der Waals surface area contributed by atoms with Crippen LogP contribution in [0.15, 0.2) is 53.2 Å². The molecule has 2 aromatic carbocycles. The maximum Gasteiger partial charge on any atom is 0.317 e. The molecular formula is C24H25ClN4O3. The third-order valence-electron chi connectivity index (χ3n) is 5.39. The second kappa shape index (κ2) is 9.14. The first-order valence-electron chi connectivity index (χ1n) is 10.5. The van der Waals surface area contributed by atoms with Gasteiger partial charge in [-0.3, -0.25) is 9.69 Å². The molecule has 0 saturated carbocycles. The van der Waals surface area contributed by atoms with Crippen molar-refractivity contribution >= 4 is 28.5 Å². The number of carbonyl (C=O) groups is 1. The summed E-state index contributed by atoms with van der Waals surface area (Å²) < 4.78 is 7.68. The quantitative estimate of drug-likeness (QED) is 0.398. The van der Waals surface area contributed by atoms with Crippen LogP contribution in [0, 0.1) is 0 Å². The molecule has 0 saturated heterocycles. The number of halogens is 1. The molecule has 2 aromatic heterocycles. The monoisotopic (exact) mass is 452 g/mol. The van der Waals surface area contributed by atoms with E-state index in [0.717, 1.165) is 34.0 Å². The van der Waals surface area contributed by atoms with E-state index in [2.05, 4.69) is 28.6 Å². The zero-order valence-corrected chi connectivity index (χ0v) is 19.0. The Labute approximate surface area is 191 Å². The topological polar surface area (TPSA) is 84.4 Å². The summed E-state index contributed by atoms with van der Waals surface area (Å²) in [5.74, 6) is 0.106. The Morgan fingerprint density at radius 1 is 1.22 bits per heavy atom. The summed E-state index contributed by atoms with van der Waals surface area (Å²) in [5.41, 5.74) is 3.80. The lowest BCUT2D eigenvalue weighted by atomic mass is 10.1. The number of hydrogen-bond donors (Lipinski definition) is 1. The number of hydrogen-bond acceptors (Lipinski definition) is 5. The molecule has 0 amide bonds. The summed E-state index contributed by atoms with van der Waals surface area (Å²) >= 11 is 6.46. The SMILES string of the molecule is CC(C)n1cc(Cl)c2cc(-c3nc(-c4cccc(CCN(C)CC(=O)O)c4)no3)ccc21. The highest BCUT2D eigenvalue weighted by molar-refractivity contribution is 6.35. The van der Waals surface area contributed by atoms with Gasteiger partial charge in [0.25, 0.3) is 5.89 Å². The highest BCUT2D eigenvalue weighted by atomic mass is 35.5. The second-order valence-electron chi connectivity index (χ2n) is 8.22. The average Bonchev–Trinajstić information content (AvgIpc) is 3.37. The molecular weight excluding hydrogens is 428 g/mol. The van der Waals surface area contributed by atoms with Gasteiger partial charge in [-0.25, -0.2) is 0 Å². The van der Waals surface area contributed by atoms with Gasteiger partial charge in [0.2, 0.25) is 5.82 Å². The molecule has 2 heterocycles. The van der Waals surface area contributed by atoms with Crippen LogP contribution in [0.3, 0.4) is 0 Å². The molecule has 166 valence electrons. The summed E-state index contributed by atoms with van der Waals surface area (Å²) in [7, 11) is 1.79. The zero-order valence-electron chi connectivity index (χ0n) is 18.2. The van der Waals surface area contributed by atoms with Gasteiger partial charge < -0.3 is 14.2 Å². The zero-order chi connectivity index (χ0) is 22.8. The van der Waals surface area contributed by atoms with Crippen LogP contribution >= 0.6 is 11.6 Å². The summed E-state index contributed by atoms with van der Waals surface area (Å²) in [6.07, 6.45) is 2.67. The molecule has 32 heavy (non-hydrogen) atoms. The van der Waals surface area contributed by atoms with Gasteiger partial charge in [0, 0.05) is 40.8 Å². The summed E-state index contributed by atoms with van der Waals surface area (Å²) in [5, 5.41) is 14.7. The van der Waals surface area contributed by atoms with Crippen LogP contribution in [-0.4, -0.2) is 50.8 Å². The molecule has 0 unspecified atom stereocenters. The number of fused-ring (bicyclic) bond motifs is 1. The maximum absolute atomic E-state index is 10.8. The smallest absolute Gasteiger partial charge is 0.317 e. The lowest BCUT2D eigenvalue weighted by Gasteiger charge is -2.13. The van der Waals surface area contributed by atoms with E-state index in [4.69, 9.17) is 21.2 Å². The Morgan fingerprint density at radius 2 is 2.03 bits per heavy atom. The van der Waals surface area contributed by atoms with Crippen LogP contribution < -0.4 is 0 Å². The Hall–Kier alpha value is -3.16. The molecule has 0 atom stereocenters. The van der Waals surface area contributed by atoms with Crippen molar-refractivity contribution in [3.8, 4) is 22.8 Å². The Bertz CT molecular complexity index is 1260. The summed E-state index contributed by atoms with van der Waals surface area (Å²) in [6.45, 7) is 4.89. The number of nitrogens with zero attached hydrogens (tertiary/aromatic N) is 4. The first-order valence-corrected chi connectivity index (χ1v) is 10.8. The molecule has 4 rings (SSSR count). The van der Waals surface area contributed by atoms with Crippen molar-refractivity contribution in [1.29, 1.82) is 0 Å². The van der Waals surface area contributed by atoms with Gasteiger partial charge in [0.1, 0.15) is 0 Å². The third kappa shape index (κ3) is 4.69. The molecule has 8 heteroatoms. The maximum atomic E-state index is 10.8. The first kappa shape index (κ1) is 22.0. The van der Waals surface area contributed by atoms with Crippen molar-refractivity contribution < 1.29 is 14.4 Å². The molecule has 4 aromatic rings. The number of likely N-dealkylation sites (N-methyl/N-ethyl adjacent to an activating group) is 1. The van der Waals surface area contributed by atoms with Crippen molar-refractivity contribution in [2.75, 3.05) is 20.1 Å². The highest BCUT2D eigenvalue weighted by Crippen LogP contribution is 2.32. The van der Waals surface area contributed by atoms with E-state index >= 15 is 0 Å². The minimum atomic E-state index is -0.833. The minimum absolute atomic E-state index is 0.0167. The molecule has 0 bridgehead atoms. The van der Waals surface area contributed by atoms with E-state index in [1.54, 1.807) is 11.9 Å². The molecule has 0 spiro atoms. The number of carboxylic acids is 1. The van der Waals surface area contributed by atoms with Crippen molar-refractivity contribution in [3.05, 3.63) is 59.2 Å². The van der Waals surface area contributed by atoms with Crippen molar-refractivity contribution in [3.63, 3.8) is 0 Å². The lowest BCUT2D eigenvalue weighted by molar-refractivity contribution is -0.137. The predicted molar refractivity (Wildman–Crippen MR) is 125 cm³/mol. The molecule has 0 fully saturated rings. The predicted octanol–water partition coefficient (Wildman–Crippen LogP) is 5.15. The van der Waals surface area contributed by atoms with E-state index in [9.17, 15) is 4.79 Å². The van der Waals surface area contributed by atoms with E-state index in [0.29, 0.717) is 29.3 Å². The Kier molecular flexibility index (Phi) is 6.30. The minimum Gasteiger partial charge on any atom is -0.480 e. The summed E-state index contributed by atoms with van der Waals surface area (Å²) in [4.78, 5) is 17.2. The van der Waals surface area contributed by atoms with Crippen LogP contribution in [-0.2, 0) is 11.2 Å². The summed E-state index contributed by atoms with van der Waals surface area (Å²) in [6, 6.07) is 14.2. The van der Waals surface area contributed by atoms with E-state index in [1.165, 1.54) is 0 Å². The number of aliphatic carboxylic acids is 1. The highest BCUT2D eigenvalue weighted by Gasteiger charge is 2.15. The number of rotatable bonds is 8. The van der Waals surface area contributed by atoms with E-state index < -0.39 is 5.97 Å². The average molecular weight is 453 g/mol. The van der Waals surface area contributed by atoms with Gasteiger partial charge in [0.05, 0.1) is 11.6 Å². The fourth-order valence-corrected chi connectivity index (χ4v) is 3.98. The van der Waals surface area contributed by atoms with E-state index in [1.807, 2.05) is 48.7 Å². The fourth-order valence-electron chi connectivity index (χ4n) is 3.73. The number of aromatic nitrogens is 3. The normalized spacial score (nSPS) is 11.7. The van der Waals surface area contributed by atoms with Gasteiger partial charge in [-0.05, 0) is 57.1 Å². The molecule has 7 nitrogen and oxygen atoms in total. The van der Waals surface area contributed by atoms with Crippen molar-refractivity contribution in [1.82, 2.24) is 19.6 Å². The van der Waals surface area contributed by atoms with Crippen LogP contribution in [0.1, 0.15) is 25.5 Å². The van der Waals surface area contributed by atoms with Crippen LogP contribution in [0.5, 0.6) is 0 Å². The molecule has 0 aliphatic rings. The Morgan fingerprint density at radius 3 is 2.78 bits per heavy atom. The van der Waals surface area contributed by atoms with E-state index in [-0.39, 0.29) is 6.54 Å². The Balaban J connectivity index is 1.55. The van der Waals surface area contributed by atoms with Gasteiger partial charge in [-0.15, -0.1) is 0 Å². The van der Waals surface area contributed by atoms with Crippen LogP contribution in [0.4, 0.5) is 0 Å². The third-order valence-corrected chi connectivity index (χ3v) is 5.69. The lowest BCUT2D eigenvalue weighted by Crippen LogP contribution is -2.27. The molecule has 1 N–H and O–H groups in total. The largest absolute Gasteiger partial charge is 0.480 e. The van der Waals surface area contributed by atoms with Crippen LogP contribution in [0.2, 0.25) is 5.02 Å². The number of carboxylic acid groups (broad SMARTS) is 1. The van der Waals surface area contributed by atoms with Gasteiger partial charge in [0.15, 0.2) is 0 Å². The first-order chi connectivity index (χ1) is 15.3. The molecule has 0 aliphatic carbocycles. The van der Waals surface area contributed by atoms with Gasteiger partial charge in [-0.1, -0.05) is 35.0 Å². The fraction of sp³-hybridized carbons (Fsp3) is 0.292. The van der Waals surface area contributed by atoms with Gasteiger partial charge >= 0.3 is 5.97 Å². The van der Waals surface area contributed by atoms with Crippen molar-refractivity contribution in [2.45, 2.75) is 26.3 Å².